The Bertz CT molecular complexity index is 900. The fourth-order valence-electron chi connectivity index (χ4n) is 4.26. The summed E-state index contributed by atoms with van der Waals surface area (Å²) in [7, 11) is 0. The number of nitrogens with one attached hydrogen (secondary N) is 1. The Hall–Kier alpha value is -3.14. The second kappa shape index (κ2) is 7.23. The lowest BCUT2D eigenvalue weighted by molar-refractivity contribution is -0.153. The van der Waals surface area contributed by atoms with Crippen molar-refractivity contribution < 1.29 is 14.3 Å². The van der Waals surface area contributed by atoms with Gasteiger partial charge in [-0.2, -0.15) is 10.4 Å². The number of carbonyl (C=O) groups excluding carboxylic acids is 2. The molecule has 0 aliphatic heterocycles. The molecule has 7 heteroatoms. The van der Waals surface area contributed by atoms with Crippen LogP contribution in [-0.2, 0) is 14.3 Å². The van der Waals surface area contributed by atoms with Crippen LogP contribution in [-0.4, -0.2) is 28.3 Å². The zero-order chi connectivity index (χ0) is 18.8. The van der Waals surface area contributed by atoms with Gasteiger partial charge in [0.15, 0.2) is 12.4 Å². The average molecular weight is 364 g/mol. The molecule has 0 saturated heterocycles. The van der Waals surface area contributed by atoms with Crippen molar-refractivity contribution in [3.05, 3.63) is 42.1 Å². The molecule has 2 aliphatic carbocycles. The van der Waals surface area contributed by atoms with Gasteiger partial charge in [0.05, 0.1) is 17.8 Å². The van der Waals surface area contributed by atoms with Gasteiger partial charge in [0.25, 0.3) is 5.91 Å². The highest BCUT2D eigenvalue weighted by Gasteiger charge is 2.44. The molecule has 3 atom stereocenters. The van der Waals surface area contributed by atoms with E-state index in [9.17, 15) is 14.9 Å². The average Bonchev–Trinajstić information content (AvgIpc) is 3.42. The van der Waals surface area contributed by atoms with Crippen molar-refractivity contribution in [2.75, 3.05) is 11.9 Å². The first-order chi connectivity index (χ1) is 13.2. The van der Waals surface area contributed by atoms with E-state index >= 15 is 0 Å². The fraction of sp³-hybridized carbons (Fsp3) is 0.400. The lowest BCUT2D eigenvalue weighted by Gasteiger charge is -2.19. The number of aromatic nitrogens is 2. The van der Waals surface area contributed by atoms with Gasteiger partial charge in [0, 0.05) is 0 Å². The number of fused-ring (bicyclic) bond motifs is 2. The maximum absolute atomic E-state index is 12.3. The summed E-state index contributed by atoms with van der Waals surface area (Å²) < 4.78 is 6.73. The molecule has 1 heterocycles. The highest BCUT2D eigenvalue weighted by atomic mass is 16.5. The predicted molar refractivity (Wildman–Crippen MR) is 96.8 cm³/mol. The number of anilines is 1. The zero-order valence-corrected chi connectivity index (χ0v) is 14.8. The Kier molecular flexibility index (Phi) is 4.63. The summed E-state index contributed by atoms with van der Waals surface area (Å²) in [5, 5.41) is 16.1. The minimum atomic E-state index is -0.485. The standard InChI is InChI=1S/C20H20N4O3/c21-10-15-11-22-24(16-4-2-1-3-5-16)19(15)23-18(25)12-27-20(26)17-9-13-6-7-14(17)8-13/h1-5,11,13-14,17H,6-9,12H2,(H,23,25)/t13-,14-,17-/m0/s1. The molecule has 0 spiro atoms. The number of hydrogen-bond acceptors (Lipinski definition) is 5. The van der Waals surface area contributed by atoms with Gasteiger partial charge in [0.1, 0.15) is 11.6 Å². The van der Waals surface area contributed by atoms with Gasteiger partial charge in [-0.15, -0.1) is 0 Å². The molecule has 2 aliphatic rings. The van der Waals surface area contributed by atoms with E-state index in [4.69, 9.17) is 4.74 Å². The molecule has 27 heavy (non-hydrogen) atoms. The van der Waals surface area contributed by atoms with Crippen LogP contribution >= 0.6 is 0 Å². The molecule has 138 valence electrons. The molecule has 7 nitrogen and oxygen atoms in total. The number of esters is 1. The Balaban J connectivity index is 1.40. The molecule has 0 unspecified atom stereocenters. The van der Waals surface area contributed by atoms with E-state index in [1.165, 1.54) is 17.3 Å². The van der Waals surface area contributed by atoms with Crippen molar-refractivity contribution in [3.8, 4) is 11.8 Å². The highest BCUT2D eigenvalue weighted by molar-refractivity contribution is 5.93. The van der Waals surface area contributed by atoms with Crippen molar-refractivity contribution in [1.82, 2.24) is 9.78 Å². The van der Waals surface area contributed by atoms with Crippen LogP contribution in [0.25, 0.3) is 5.69 Å². The summed E-state index contributed by atoms with van der Waals surface area (Å²) in [6.45, 7) is -0.364. The van der Waals surface area contributed by atoms with E-state index in [-0.39, 0.29) is 29.9 Å². The molecule has 0 radical (unpaired) electrons. The van der Waals surface area contributed by atoms with E-state index in [2.05, 4.69) is 10.4 Å². The quantitative estimate of drug-likeness (QED) is 0.823. The number of benzene rings is 1. The summed E-state index contributed by atoms with van der Waals surface area (Å²) in [5.41, 5.74) is 0.958. The molecule has 1 aromatic carbocycles. The van der Waals surface area contributed by atoms with Gasteiger partial charge >= 0.3 is 5.97 Å². The van der Waals surface area contributed by atoms with E-state index < -0.39 is 5.91 Å². The molecule has 2 saturated carbocycles. The van der Waals surface area contributed by atoms with Gasteiger partial charge < -0.3 is 10.1 Å². The number of hydrogen-bond donors (Lipinski definition) is 1. The van der Waals surface area contributed by atoms with Gasteiger partial charge in [-0.05, 0) is 43.2 Å². The normalized spacial score (nSPS) is 23.0. The highest BCUT2D eigenvalue weighted by Crippen LogP contribution is 2.48. The molecule has 1 N–H and O–H groups in total. The number of carbonyl (C=O) groups is 2. The SMILES string of the molecule is N#Cc1cnn(-c2ccccc2)c1NC(=O)COC(=O)[C@H]1C[C@H]2CC[C@H]1C2. The molecule has 4 rings (SSSR count). The third-order valence-electron chi connectivity index (χ3n) is 5.53. The topological polar surface area (TPSA) is 97.0 Å². The summed E-state index contributed by atoms with van der Waals surface area (Å²) in [5.74, 6) is 0.482. The molecule has 1 aromatic heterocycles. The maximum atomic E-state index is 12.3. The van der Waals surface area contributed by atoms with E-state index in [0.29, 0.717) is 17.5 Å². The van der Waals surface area contributed by atoms with E-state index in [1.54, 1.807) is 0 Å². The Morgan fingerprint density at radius 3 is 2.74 bits per heavy atom. The van der Waals surface area contributed by atoms with Crippen molar-refractivity contribution in [2.24, 2.45) is 17.8 Å². The van der Waals surface area contributed by atoms with Crippen LogP contribution in [0.5, 0.6) is 0 Å². The van der Waals surface area contributed by atoms with Crippen LogP contribution < -0.4 is 5.32 Å². The molecule has 2 aromatic rings. The molecular weight excluding hydrogens is 344 g/mol. The predicted octanol–water partition coefficient (Wildman–Crippen LogP) is 2.66. The first-order valence-corrected chi connectivity index (χ1v) is 9.15. The number of nitrogens with zero attached hydrogens (tertiary/aromatic N) is 3. The summed E-state index contributed by atoms with van der Waals surface area (Å²) in [4.78, 5) is 24.6. The first-order valence-electron chi connectivity index (χ1n) is 9.15. The zero-order valence-electron chi connectivity index (χ0n) is 14.8. The van der Waals surface area contributed by atoms with Crippen LogP contribution in [0.4, 0.5) is 5.82 Å². The Morgan fingerprint density at radius 2 is 2.07 bits per heavy atom. The van der Waals surface area contributed by atoms with Gasteiger partial charge in [-0.25, -0.2) is 4.68 Å². The Labute approximate surface area is 156 Å². The number of amides is 1. The van der Waals surface area contributed by atoms with Crippen LogP contribution in [0.15, 0.2) is 36.5 Å². The van der Waals surface area contributed by atoms with Crippen LogP contribution in [0.2, 0.25) is 0 Å². The van der Waals surface area contributed by atoms with Gasteiger partial charge in [0.2, 0.25) is 0 Å². The van der Waals surface area contributed by atoms with Crippen LogP contribution in [0.3, 0.4) is 0 Å². The number of ether oxygens (including phenoxy) is 1. The first kappa shape index (κ1) is 17.3. The van der Waals surface area contributed by atoms with Crippen LogP contribution in [0, 0.1) is 29.1 Å². The molecular formula is C20H20N4O3. The lowest BCUT2D eigenvalue weighted by Crippen LogP contribution is -2.28. The number of rotatable bonds is 5. The molecule has 2 fully saturated rings. The van der Waals surface area contributed by atoms with Crippen molar-refractivity contribution >= 4 is 17.7 Å². The summed E-state index contributed by atoms with van der Waals surface area (Å²) in [6.07, 6.45) is 5.66. The second-order valence-corrected chi connectivity index (χ2v) is 7.20. The monoisotopic (exact) mass is 364 g/mol. The third-order valence-corrected chi connectivity index (χ3v) is 5.53. The minimum absolute atomic E-state index is 0.0685. The van der Waals surface area contributed by atoms with Gasteiger partial charge in [-0.3, -0.25) is 9.59 Å². The summed E-state index contributed by atoms with van der Waals surface area (Å²) >= 11 is 0. The minimum Gasteiger partial charge on any atom is -0.455 e. The molecule has 2 bridgehead atoms. The van der Waals surface area contributed by atoms with Crippen LogP contribution in [0.1, 0.15) is 31.2 Å². The molecule has 1 amide bonds. The summed E-state index contributed by atoms with van der Waals surface area (Å²) in [6, 6.07) is 11.2. The maximum Gasteiger partial charge on any atom is 0.309 e. The number of nitriles is 1. The smallest absolute Gasteiger partial charge is 0.309 e. The van der Waals surface area contributed by atoms with Crippen molar-refractivity contribution in [2.45, 2.75) is 25.7 Å². The third kappa shape index (κ3) is 3.43. The van der Waals surface area contributed by atoms with E-state index in [0.717, 1.165) is 19.3 Å². The fourth-order valence-corrected chi connectivity index (χ4v) is 4.26. The lowest BCUT2D eigenvalue weighted by atomic mass is 9.89. The van der Waals surface area contributed by atoms with Crippen molar-refractivity contribution in [1.29, 1.82) is 5.26 Å². The van der Waals surface area contributed by atoms with E-state index in [1.807, 2.05) is 36.4 Å². The largest absolute Gasteiger partial charge is 0.455 e. The van der Waals surface area contributed by atoms with Crippen molar-refractivity contribution in [3.63, 3.8) is 0 Å². The van der Waals surface area contributed by atoms with Gasteiger partial charge in [-0.1, -0.05) is 24.6 Å². The number of para-hydroxylation sites is 1. The second-order valence-electron chi connectivity index (χ2n) is 7.20. The Morgan fingerprint density at radius 1 is 1.26 bits per heavy atom.